The van der Waals surface area contributed by atoms with Crippen molar-refractivity contribution in [3.8, 4) is 0 Å². The molecule has 0 aliphatic carbocycles. The molecule has 17 valence electrons. The van der Waals surface area contributed by atoms with Crippen LogP contribution < -0.4 is 0 Å². The van der Waals surface area contributed by atoms with E-state index >= 15 is 0 Å². The standard InChI is InChI=1S/Nb.Sc.Ta.Ti. The molecule has 0 unspecified atom stereocenters. The molecule has 0 bridgehead atoms. The van der Waals surface area contributed by atoms with E-state index in [0.717, 1.165) is 0 Å². The van der Waals surface area contributed by atoms with Crippen LogP contribution in [-0.2, 0) is 92.3 Å². The average Bonchev–Trinajstić information content (AvgIpc) is 0. The molecular weight excluding hydrogens is 367 g/mol. The second-order valence-corrected chi connectivity index (χ2v) is 0. The summed E-state index contributed by atoms with van der Waals surface area (Å²) in [4.78, 5) is 0. The van der Waals surface area contributed by atoms with Gasteiger partial charge in [-0.05, 0) is 0 Å². The van der Waals surface area contributed by atoms with E-state index < -0.39 is 0 Å². The molecule has 0 fully saturated rings. The molecule has 0 atom stereocenters. The Bertz CT molecular complexity index is 8.00. The summed E-state index contributed by atoms with van der Waals surface area (Å²) in [6, 6.07) is 0. The summed E-state index contributed by atoms with van der Waals surface area (Å²) >= 11 is 0. The number of rotatable bonds is 0. The average molecular weight is 367 g/mol. The fourth-order valence-corrected chi connectivity index (χ4v) is 0. The number of hydrogen-bond acceptors (Lipinski definition) is 0. The van der Waals surface area contributed by atoms with Crippen LogP contribution in [0.3, 0.4) is 0 Å². The van der Waals surface area contributed by atoms with Gasteiger partial charge in [-0.15, -0.1) is 0 Å². The van der Waals surface area contributed by atoms with E-state index in [1.807, 2.05) is 0 Å². The Morgan fingerprint density at radius 1 is 1.00 bits per heavy atom. The Balaban J connectivity index is 0. The zero-order valence-corrected chi connectivity index (χ0v) is 10.7. The van der Waals surface area contributed by atoms with Crippen molar-refractivity contribution in [1.82, 2.24) is 0 Å². The Labute approximate surface area is 90.5 Å². The monoisotopic (exact) mass is 367 g/mol. The van der Waals surface area contributed by atoms with E-state index in [0.29, 0.717) is 0 Å². The first-order chi connectivity index (χ1) is 0. The van der Waals surface area contributed by atoms with Crippen molar-refractivity contribution >= 4 is 0 Å². The van der Waals surface area contributed by atoms with Crippen LogP contribution in [0.15, 0.2) is 0 Å². The van der Waals surface area contributed by atoms with Gasteiger partial charge in [-0.1, -0.05) is 0 Å². The van der Waals surface area contributed by atoms with Crippen LogP contribution in [0, 0.1) is 0 Å². The molecule has 0 aliphatic rings. The van der Waals surface area contributed by atoms with Crippen molar-refractivity contribution < 1.29 is 92.3 Å². The third-order valence-corrected chi connectivity index (χ3v) is 0. The van der Waals surface area contributed by atoms with Gasteiger partial charge in [-0.2, -0.15) is 0 Å². The maximum Gasteiger partial charge on any atom is 0 e. The molecule has 4 heteroatoms. The van der Waals surface area contributed by atoms with Crippen LogP contribution in [0.1, 0.15) is 0 Å². The van der Waals surface area contributed by atoms with Gasteiger partial charge in [0.05, 0.1) is 0 Å². The zero-order chi connectivity index (χ0) is 0. The largest absolute Gasteiger partial charge is 0 e. The zero-order valence-electron chi connectivity index (χ0n) is 1.97. The predicted octanol–water partition coefficient (Wildman–Crippen LogP) is -0.0100. The van der Waals surface area contributed by atoms with Gasteiger partial charge in [-0.3, -0.25) is 0 Å². The summed E-state index contributed by atoms with van der Waals surface area (Å²) in [5.41, 5.74) is 0. The Hall–Kier alpha value is 3.06. The first-order valence-corrected chi connectivity index (χ1v) is 0. The van der Waals surface area contributed by atoms with Gasteiger partial charge < -0.3 is 0 Å². The molecule has 0 aromatic carbocycles. The minimum Gasteiger partial charge on any atom is 0 e. The van der Waals surface area contributed by atoms with Crippen LogP contribution in [0.2, 0.25) is 0 Å². The second kappa shape index (κ2) is 16.6. The fraction of sp³-hybridized carbons (Fsp3) is 0. The number of hydrogen-bond donors (Lipinski definition) is 0. The molecule has 0 saturated heterocycles. The summed E-state index contributed by atoms with van der Waals surface area (Å²) in [5, 5.41) is 0. The van der Waals surface area contributed by atoms with E-state index in [-0.39, 0.29) is 92.3 Å². The fourth-order valence-electron chi connectivity index (χ4n) is 0. The van der Waals surface area contributed by atoms with Gasteiger partial charge >= 0.3 is 0 Å². The molecule has 0 heterocycles. The smallest absolute Gasteiger partial charge is 0 e. The van der Waals surface area contributed by atoms with Crippen molar-refractivity contribution in [3.05, 3.63) is 0 Å². The van der Waals surface area contributed by atoms with Gasteiger partial charge in [-0.25, -0.2) is 0 Å². The molecular formula is NbScTaTi. The summed E-state index contributed by atoms with van der Waals surface area (Å²) in [6.07, 6.45) is 0. The summed E-state index contributed by atoms with van der Waals surface area (Å²) in [6.45, 7) is 0. The summed E-state index contributed by atoms with van der Waals surface area (Å²) in [5.74, 6) is 0. The molecule has 0 nitrogen and oxygen atoms in total. The van der Waals surface area contributed by atoms with Crippen molar-refractivity contribution in [1.29, 1.82) is 0 Å². The van der Waals surface area contributed by atoms with Gasteiger partial charge in [0.2, 0.25) is 0 Å². The molecule has 0 amide bonds. The van der Waals surface area contributed by atoms with E-state index in [1.54, 1.807) is 0 Å². The van der Waals surface area contributed by atoms with Crippen LogP contribution in [0.5, 0.6) is 0 Å². The van der Waals surface area contributed by atoms with Crippen molar-refractivity contribution in [2.24, 2.45) is 0 Å². The minimum atomic E-state index is 0. The third-order valence-electron chi connectivity index (χ3n) is 0. The third kappa shape index (κ3) is 8.91. The molecule has 3 radical (unpaired) electrons. The van der Waals surface area contributed by atoms with E-state index in [9.17, 15) is 0 Å². The van der Waals surface area contributed by atoms with Gasteiger partial charge in [0.1, 0.15) is 0 Å². The molecule has 4 heavy (non-hydrogen) atoms. The van der Waals surface area contributed by atoms with Crippen LogP contribution >= 0.6 is 0 Å². The quantitative estimate of drug-likeness (QED) is 0.529. The first-order valence-electron chi connectivity index (χ1n) is 0. The first kappa shape index (κ1) is 27.7. The van der Waals surface area contributed by atoms with E-state index in [1.165, 1.54) is 0 Å². The van der Waals surface area contributed by atoms with Crippen LogP contribution in [0.4, 0.5) is 0 Å². The molecule has 0 aromatic heterocycles. The van der Waals surface area contributed by atoms with Gasteiger partial charge in [0, 0.05) is 92.3 Å². The van der Waals surface area contributed by atoms with Crippen LogP contribution in [-0.4, -0.2) is 0 Å². The summed E-state index contributed by atoms with van der Waals surface area (Å²) < 4.78 is 0. The SMILES string of the molecule is [Nb].[Sc].[Ta].[Ti]. The topological polar surface area (TPSA) is 0 Å². The minimum absolute atomic E-state index is 0. The van der Waals surface area contributed by atoms with Crippen molar-refractivity contribution in [2.45, 2.75) is 0 Å². The molecule has 0 aliphatic heterocycles. The van der Waals surface area contributed by atoms with E-state index in [4.69, 9.17) is 0 Å². The maximum atomic E-state index is 0. The maximum absolute atomic E-state index is 0. The molecule has 0 N–H and O–H groups in total. The van der Waals surface area contributed by atoms with Crippen molar-refractivity contribution in [2.75, 3.05) is 0 Å². The molecule has 0 aromatic rings. The Morgan fingerprint density at radius 2 is 1.00 bits per heavy atom. The molecule has 0 saturated carbocycles. The normalized spacial score (nSPS) is 0. The van der Waals surface area contributed by atoms with E-state index in [2.05, 4.69) is 0 Å². The van der Waals surface area contributed by atoms with Gasteiger partial charge in [0.15, 0.2) is 0 Å². The Morgan fingerprint density at radius 3 is 1.00 bits per heavy atom. The second-order valence-electron chi connectivity index (χ2n) is 0. The molecule has 0 spiro atoms. The summed E-state index contributed by atoms with van der Waals surface area (Å²) in [7, 11) is 0. The molecule has 0 rings (SSSR count). The van der Waals surface area contributed by atoms with Gasteiger partial charge in [0.25, 0.3) is 0 Å². The Kier molecular flexibility index (Phi) is 115. The predicted molar refractivity (Wildman–Crippen MR) is 0 cm³/mol. The van der Waals surface area contributed by atoms with Crippen molar-refractivity contribution in [3.63, 3.8) is 0 Å². The van der Waals surface area contributed by atoms with Crippen LogP contribution in [0.25, 0.3) is 0 Å².